The summed E-state index contributed by atoms with van der Waals surface area (Å²) in [6.07, 6.45) is 6.64. The van der Waals surface area contributed by atoms with Crippen LogP contribution in [-0.2, 0) is 17.6 Å². The van der Waals surface area contributed by atoms with Crippen LogP contribution in [-0.4, -0.2) is 43.5 Å². The van der Waals surface area contributed by atoms with E-state index in [0.717, 1.165) is 31.2 Å². The van der Waals surface area contributed by atoms with Crippen molar-refractivity contribution in [3.8, 4) is 6.07 Å². The normalized spacial score (nSPS) is 17.5. The van der Waals surface area contributed by atoms with Crippen LogP contribution in [0.3, 0.4) is 0 Å². The SMILES string of the molecule is N#Cc1c(NC(=O)CN2CCN(c3ccccc3F)CC2)sc2c1CCCCCC2. The van der Waals surface area contributed by atoms with Gasteiger partial charge < -0.3 is 10.2 Å². The quantitative estimate of drug-likeness (QED) is 0.797. The molecular formula is C23H27FN4OS. The molecule has 0 spiro atoms. The molecule has 1 aliphatic heterocycles. The predicted molar refractivity (Wildman–Crippen MR) is 119 cm³/mol. The number of carbonyl (C=O) groups excluding carboxylic acids is 1. The fourth-order valence-electron chi connectivity index (χ4n) is 4.35. The van der Waals surface area contributed by atoms with E-state index in [0.29, 0.717) is 49.0 Å². The Bertz CT molecular complexity index is 943. The number of nitrogens with one attached hydrogen (secondary N) is 1. The van der Waals surface area contributed by atoms with E-state index in [9.17, 15) is 14.4 Å². The Morgan fingerprint density at radius 3 is 2.57 bits per heavy atom. The van der Waals surface area contributed by atoms with Gasteiger partial charge in [-0.25, -0.2) is 4.39 Å². The van der Waals surface area contributed by atoms with Crippen molar-refractivity contribution in [3.05, 3.63) is 46.1 Å². The van der Waals surface area contributed by atoms with E-state index < -0.39 is 0 Å². The minimum atomic E-state index is -0.207. The zero-order valence-electron chi connectivity index (χ0n) is 17.1. The predicted octanol–water partition coefficient (Wildman–Crippen LogP) is 4.18. The van der Waals surface area contributed by atoms with Crippen molar-refractivity contribution in [2.75, 3.05) is 42.9 Å². The number of para-hydroxylation sites is 1. The molecule has 0 saturated carbocycles. The summed E-state index contributed by atoms with van der Waals surface area (Å²) in [5, 5.41) is 13.4. The highest BCUT2D eigenvalue weighted by Crippen LogP contribution is 2.36. The van der Waals surface area contributed by atoms with Crippen molar-refractivity contribution in [2.45, 2.75) is 38.5 Å². The van der Waals surface area contributed by atoms with Gasteiger partial charge in [0.2, 0.25) is 5.91 Å². The summed E-state index contributed by atoms with van der Waals surface area (Å²) in [6, 6.07) is 9.14. The van der Waals surface area contributed by atoms with Crippen molar-refractivity contribution in [1.82, 2.24) is 4.90 Å². The number of piperazine rings is 1. The molecule has 2 aliphatic rings. The number of fused-ring (bicyclic) bond motifs is 1. The molecule has 0 unspecified atom stereocenters. The van der Waals surface area contributed by atoms with Gasteiger partial charge in [0.25, 0.3) is 0 Å². The molecule has 1 aliphatic carbocycles. The molecule has 0 radical (unpaired) electrons. The van der Waals surface area contributed by atoms with E-state index in [4.69, 9.17) is 0 Å². The van der Waals surface area contributed by atoms with Crippen molar-refractivity contribution < 1.29 is 9.18 Å². The zero-order valence-corrected chi connectivity index (χ0v) is 17.9. The minimum Gasteiger partial charge on any atom is -0.367 e. The Balaban J connectivity index is 1.35. The molecule has 1 aromatic heterocycles. The zero-order chi connectivity index (χ0) is 20.9. The fourth-order valence-corrected chi connectivity index (χ4v) is 5.61. The highest BCUT2D eigenvalue weighted by molar-refractivity contribution is 7.16. The third-order valence-electron chi connectivity index (χ3n) is 5.97. The van der Waals surface area contributed by atoms with Gasteiger partial charge in [0.15, 0.2) is 0 Å². The van der Waals surface area contributed by atoms with Gasteiger partial charge in [0.05, 0.1) is 17.8 Å². The Kier molecular flexibility index (Phi) is 6.66. The Morgan fingerprint density at radius 2 is 1.83 bits per heavy atom. The summed E-state index contributed by atoms with van der Waals surface area (Å²) in [5.74, 6) is -0.291. The number of thiophene rings is 1. The first-order valence-corrected chi connectivity index (χ1v) is 11.5. The highest BCUT2D eigenvalue weighted by Gasteiger charge is 2.23. The molecule has 1 N–H and O–H groups in total. The van der Waals surface area contributed by atoms with E-state index in [1.165, 1.54) is 23.8 Å². The third kappa shape index (κ3) is 4.66. The summed E-state index contributed by atoms with van der Waals surface area (Å²) in [5.41, 5.74) is 2.43. The molecule has 5 nitrogen and oxygen atoms in total. The summed E-state index contributed by atoms with van der Waals surface area (Å²) in [6.45, 7) is 3.07. The largest absolute Gasteiger partial charge is 0.367 e. The van der Waals surface area contributed by atoms with E-state index in [2.05, 4.69) is 16.3 Å². The van der Waals surface area contributed by atoms with Gasteiger partial charge >= 0.3 is 0 Å². The van der Waals surface area contributed by atoms with Crippen LogP contribution in [0.1, 0.15) is 41.7 Å². The number of rotatable bonds is 4. The second-order valence-corrected chi connectivity index (χ2v) is 9.10. The molecule has 2 heterocycles. The number of amides is 1. The van der Waals surface area contributed by atoms with E-state index in [1.54, 1.807) is 23.5 Å². The van der Waals surface area contributed by atoms with Crippen LogP contribution in [0, 0.1) is 17.1 Å². The lowest BCUT2D eigenvalue weighted by Crippen LogP contribution is -2.48. The molecular weight excluding hydrogens is 399 g/mol. The number of anilines is 2. The number of hydrogen-bond acceptors (Lipinski definition) is 5. The minimum absolute atomic E-state index is 0.0833. The monoisotopic (exact) mass is 426 g/mol. The molecule has 7 heteroatoms. The second kappa shape index (κ2) is 9.59. The molecule has 1 aromatic carbocycles. The van der Waals surface area contributed by atoms with Crippen molar-refractivity contribution >= 4 is 27.9 Å². The first-order valence-electron chi connectivity index (χ1n) is 10.7. The van der Waals surface area contributed by atoms with Gasteiger partial charge in [-0.05, 0) is 43.4 Å². The van der Waals surface area contributed by atoms with E-state index in [-0.39, 0.29) is 11.7 Å². The van der Waals surface area contributed by atoms with Crippen molar-refractivity contribution in [2.24, 2.45) is 0 Å². The average Bonchev–Trinajstić information content (AvgIpc) is 3.04. The number of carbonyl (C=O) groups is 1. The molecule has 158 valence electrons. The molecule has 1 amide bonds. The first kappa shape index (κ1) is 20.8. The van der Waals surface area contributed by atoms with E-state index in [1.807, 2.05) is 11.0 Å². The highest BCUT2D eigenvalue weighted by atomic mass is 32.1. The number of nitriles is 1. The molecule has 4 rings (SSSR count). The standard InChI is InChI=1S/C23H27FN4OS/c24-19-8-5-6-9-20(19)28-13-11-27(12-14-28)16-22(29)26-23-18(15-25)17-7-3-1-2-4-10-21(17)30-23/h5-6,8-9H,1-4,7,10-14,16H2,(H,26,29). The van der Waals surface area contributed by atoms with Crippen LogP contribution < -0.4 is 10.2 Å². The number of hydrogen-bond donors (Lipinski definition) is 1. The lowest BCUT2D eigenvalue weighted by atomic mass is 9.97. The maximum absolute atomic E-state index is 14.0. The Labute approximate surface area is 181 Å². The van der Waals surface area contributed by atoms with Crippen molar-refractivity contribution in [1.29, 1.82) is 5.26 Å². The molecule has 1 fully saturated rings. The van der Waals surface area contributed by atoms with Gasteiger partial charge in [0.1, 0.15) is 16.9 Å². The lowest BCUT2D eigenvalue weighted by molar-refractivity contribution is -0.117. The topological polar surface area (TPSA) is 59.4 Å². The molecule has 0 bridgehead atoms. The summed E-state index contributed by atoms with van der Waals surface area (Å²) in [4.78, 5) is 18.0. The Hall–Kier alpha value is -2.43. The van der Waals surface area contributed by atoms with Gasteiger partial charge in [-0.3, -0.25) is 9.69 Å². The summed E-state index contributed by atoms with van der Waals surface area (Å²) < 4.78 is 14.0. The van der Waals surface area contributed by atoms with Crippen LogP contribution in [0.2, 0.25) is 0 Å². The van der Waals surface area contributed by atoms with Crippen LogP contribution in [0.5, 0.6) is 0 Å². The number of aryl methyl sites for hydroxylation is 1. The maximum Gasteiger partial charge on any atom is 0.239 e. The van der Waals surface area contributed by atoms with Gasteiger partial charge in [0, 0.05) is 31.1 Å². The average molecular weight is 427 g/mol. The van der Waals surface area contributed by atoms with Crippen LogP contribution in [0.4, 0.5) is 15.1 Å². The van der Waals surface area contributed by atoms with Gasteiger partial charge in [-0.1, -0.05) is 25.0 Å². The summed E-state index contributed by atoms with van der Waals surface area (Å²) in [7, 11) is 0. The smallest absolute Gasteiger partial charge is 0.239 e. The molecule has 1 saturated heterocycles. The lowest BCUT2D eigenvalue weighted by Gasteiger charge is -2.35. The van der Waals surface area contributed by atoms with Crippen LogP contribution in [0.25, 0.3) is 0 Å². The molecule has 2 aromatic rings. The van der Waals surface area contributed by atoms with Crippen LogP contribution >= 0.6 is 11.3 Å². The molecule has 0 atom stereocenters. The van der Waals surface area contributed by atoms with Gasteiger partial charge in [-0.15, -0.1) is 11.3 Å². The Morgan fingerprint density at radius 1 is 1.10 bits per heavy atom. The number of nitrogens with zero attached hydrogens (tertiary/aromatic N) is 3. The number of halogens is 1. The molecule has 30 heavy (non-hydrogen) atoms. The first-order chi connectivity index (χ1) is 14.7. The van der Waals surface area contributed by atoms with E-state index >= 15 is 0 Å². The fraction of sp³-hybridized carbons (Fsp3) is 0.478. The second-order valence-electron chi connectivity index (χ2n) is 8.00. The third-order valence-corrected chi connectivity index (χ3v) is 7.18. The maximum atomic E-state index is 14.0. The van der Waals surface area contributed by atoms with Crippen LogP contribution in [0.15, 0.2) is 24.3 Å². The summed E-state index contributed by atoms with van der Waals surface area (Å²) >= 11 is 1.58. The van der Waals surface area contributed by atoms with Crippen molar-refractivity contribution in [3.63, 3.8) is 0 Å². The number of benzene rings is 1. The van der Waals surface area contributed by atoms with Gasteiger partial charge in [-0.2, -0.15) is 5.26 Å².